The minimum Gasteiger partial charge on any atom is -0.454 e. The van der Waals surface area contributed by atoms with Crippen molar-refractivity contribution in [3.63, 3.8) is 0 Å². The lowest BCUT2D eigenvalue weighted by molar-refractivity contribution is -0.402. The molecule has 0 radical (unpaired) electrons. The molecule has 9 nitrogen and oxygen atoms in total. The molecule has 1 aromatic heterocycles. The fourth-order valence-corrected chi connectivity index (χ4v) is 1.79. The molecule has 12 heteroatoms. The highest BCUT2D eigenvalue weighted by atomic mass is 19.4. The van der Waals surface area contributed by atoms with E-state index >= 15 is 0 Å². The van der Waals surface area contributed by atoms with E-state index in [2.05, 4.69) is 4.74 Å². The van der Waals surface area contributed by atoms with Crippen molar-refractivity contribution in [3.8, 4) is 0 Å². The molecule has 0 saturated heterocycles. The molecule has 0 atom stereocenters. The molecule has 0 unspecified atom stereocenters. The lowest BCUT2D eigenvalue weighted by atomic mass is 10.1. The number of nitrogens with zero attached hydrogens (tertiary/aromatic N) is 2. The number of carbonyl (C=O) groups excluding carboxylic acids is 1. The summed E-state index contributed by atoms with van der Waals surface area (Å²) in [7, 11) is 0. The molecule has 25 heavy (non-hydrogen) atoms. The molecule has 2 rings (SSSR count). The Kier molecular flexibility index (Phi) is 4.72. The Balaban J connectivity index is 2.20. The zero-order chi connectivity index (χ0) is 18.8. The number of nitro groups is 2. The molecule has 0 spiro atoms. The van der Waals surface area contributed by atoms with Gasteiger partial charge in [0.1, 0.15) is 22.9 Å². The third-order valence-electron chi connectivity index (χ3n) is 2.91. The third-order valence-corrected chi connectivity index (χ3v) is 2.91. The summed E-state index contributed by atoms with van der Waals surface area (Å²) in [6.45, 7) is -0.592. The number of benzene rings is 1. The molecule has 0 amide bonds. The Hall–Kier alpha value is -3.44. The number of rotatable bonds is 5. The molecular formula is C13H7F3N2O7. The van der Waals surface area contributed by atoms with Crippen LogP contribution >= 0.6 is 0 Å². The number of furan rings is 1. The van der Waals surface area contributed by atoms with Gasteiger partial charge in [0.15, 0.2) is 0 Å². The molecule has 132 valence electrons. The number of hydrogen-bond donors (Lipinski definition) is 0. The highest BCUT2D eigenvalue weighted by Gasteiger charge is 2.34. The van der Waals surface area contributed by atoms with Crippen LogP contribution < -0.4 is 0 Å². The normalized spacial score (nSPS) is 11.2. The van der Waals surface area contributed by atoms with Crippen LogP contribution in [0.15, 0.2) is 34.7 Å². The number of esters is 1. The van der Waals surface area contributed by atoms with Gasteiger partial charge in [0.2, 0.25) is 0 Å². The van der Waals surface area contributed by atoms with Gasteiger partial charge in [-0.2, -0.15) is 13.2 Å². The first kappa shape index (κ1) is 17.9. The van der Waals surface area contributed by atoms with Crippen LogP contribution in [0.5, 0.6) is 0 Å². The standard InChI is InChI=1S/C13H7F3N2O7/c14-13(15,16)7-1-3-9(10(5-7)17(20)21)12(19)24-6-8-2-4-11(25-8)18(22)23/h1-5H,6H2. The van der Waals surface area contributed by atoms with Crippen molar-refractivity contribution >= 4 is 17.5 Å². The largest absolute Gasteiger partial charge is 0.454 e. The quantitative estimate of drug-likeness (QED) is 0.454. The van der Waals surface area contributed by atoms with Crippen molar-refractivity contribution in [1.82, 2.24) is 0 Å². The monoisotopic (exact) mass is 360 g/mol. The molecule has 2 aromatic rings. The zero-order valence-electron chi connectivity index (χ0n) is 12.0. The lowest BCUT2D eigenvalue weighted by Gasteiger charge is -2.08. The Morgan fingerprint density at radius 3 is 2.32 bits per heavy atom. The summed E-state index contributed by atoms with van der Waals surface area (Å²) in [5.41, 5.74) is -3.07. The second-order valence-corrected chi connectivity index (χ2v) is 4.56. The molecular weight excluding hydrogens is 353 g/mol. The topological polar surface area (TPSA) is 126 Å². The van der Waals surface area contributed by atoms with E-state index in [9.17, 15) is 38.2 Å². The van der Waals surface area contributed by atoms with Gasteiger partial charge >= 0.3 is 18.0 Å². The van der Waals surface area contributed by atoms with E-state index < -0.39 is 51.3 Å². The predicted octanol–water partition coefficient (Wildman–Crippen LogP) is 3.47. The SMILES string of the molecule is O=C(OCc1ccc([N+](=O)[O-])o1)c1ccc(C(F)(F)F)cc1[N+](=O)[O-]. The van der Waals surface area contributed by atoms with Gasteiger partial charge in [-0.1, -0.05) is 0 Å². The van der Waals surface area contributed by atoms with Gasteiger partial charge in [-0.25, -0.2) is 4.79 Å². The number of carbonyl (C=O) groups is 1. The van der Waals surface area contributed by atoms with E-state index in [0.29, 0.717) is 12.1 Å². The maximum atomic E-state index is 12.6. The number of nitro benzene ring substituents is 1. The number of alkyl halides is 3. The van der Waals surface area contributed by atoms with Gasteiger partial charge in [-0.15, -0.1) is 0 Å². The van der Waals surface area contributed by atoms with Crippen LogP contribution in [0.3, 0.4) is 0 Å². The molecule has 0 saturated carbocycles. The van der Waals surface area contributed by atoms with Gasteiger partial charge in [-0.05, 0) is 18.2 Å². The summed E-state index contributed by atoms with van der Waals surface area (Å²) in [5, 5.41) is 21.3. The van der Waals surface area contributed by atoms with Gasteiger partial charge < -0.3 is 9.15 Å². The summed E-state index contributed by atoms with van der Waals surface area (Å²) in [5.74, 6) is -2.00. The Bertz CT molecular complexity index is 844. The smallest absolute Gasteiger partial charge is 0.433 e. The molecule has 1 heterocycles. The molecule has 0 fully saturated rings. The van der Waals surface area contributed by atoms with Crippen LogP contribution in [-0.4, -0.2) is 15.8 Å². The summed E-state index contributed by atoms with van der Waals surface area (Å²) in [6.07, 6.45) is -4.82. The first-order valence-electron chi connectivity index (χ1n) is 6.35. The predicted molar refractivity (Wildman–Crippen MR) is 72.6 cm³/mol. The first-order chi connectivity index (χ1) is 11.6. The van der Waals surface area contributed by atoms with Crippen molar-refractivity contribution in [3.05, 3.63) is 67.4 Å². The van der Waals surface area contributed by atoms with Gasteiger partial charge in [0.05, 0.1) is 16.6 Å². The van der Waals surface area contributed by atoms with Crippen molar-refractivity contribution < 1.29 is 37.0 Å². The molecule has 0 N–H and O–H groups in total. The summed E-state index contributed by atoms with van der Waals surface area (Å²) >= 11 is 0. The van der Waals surface area contributed by atoms with Crippen LogP contribution in [0.1, 0.15) is 21.7 Å². The average Bonchev–Trinajstić information content (AvgIpc) is 3.00. The average molecular weight is 360 g/mol. The molecule has 0 aliphatic heterocycles. The van der Waals surface area contributed by atoms with E-state index in [4.69, 9.17) is 4.42 Å². The second-order valence-electron chi connectivity index (χ2n) is 4.56. The first-order valence-corrected chi connectivity index (χ1v) is 6.35. The number of ether oxygens (including phenoxy) is 1. The summed E-state index contributed by atoms with van der Waals surface area (Å²) in [6, 6.07) is 3.49. The van der Waals surface area contributed by atoms with Gasteiger partial charge in [0, 0.05) is 6.07 Å². The summed E-state index contributed by atoms with van der Waals surface area (Å²) < 4.78 is 47.2. The Morgan fingerprint density at radius 1 is 1.12 bits per heavy atom. The highest BCUT2D eigenvalue weighted by molar-refractivity contribution is 5.94. The lowest BCUT2D eigenvalue weighted by Crippen LogP contribution is -2.11. The van der Waals surface area contributed by atoms with Crippen molar-refractivity contribution in [2.75, 3.05) is 0 Å². The highest BCUT2D eigenvalue weighted by Crippen LogP contribution is 2.33. The minimum absolute atomic E-state index is 0.116. The van der Waals surface area contributed by atoms with E-state index in [1.165, 1.54) is 0 Å². The fourth-order valence-electron chi connectivity index (χ4n) is 1.79. The van der Waals surface area contributed by atoms with Crippen LogP contribution in [0.2, 0.25) is 0 Å². The van der Waals surface area contributed by atoms with E-state index in [1.54, 1.807) is 0 Å². The van der Waals surface area contributed by atoms with Crippen molar-refractivity contribution in [2.24, 2.45) is 0 Å². The Labute approximate surface area is 135 Å². The zero-order valence-corrected chi connectivity index (χ0v) is 12.0. The number of hydrogen-bond acceptors (Lipinski definition) is 7. The molecule has 1 aromatic carbocycles. The van der Waals surface area contributed by atoms with E-state index in [0.717, 1.165) is 12.1 Å². The van der Waals surface area contributed by atoms with Crippen LogP contribution in [0.4, 0.5) is 24.7 Å². The summed E-state index contributed by atoms with van der Waals surface area (Å²) in [4.78, 5) is 31.2. The molecule has 0 bridgehead atoms. The minimum atomic E-state index is -4.82. The Morgan fingerprint density at radius 2 is 1.80 bits per heavy atom. The number of halogens is 3. The molecule has 0 aliphatic rings. The van der Waals surface area contributed by atoms with Gasteiger partial charge in [-0.3, -0.25) is 20.2 Å². The molecule has 0 aliphatic carbocycles. The van der Waals surface area contributed by atoms with Crippen LogP contribution in [0, 0.1) is 20.2 Å². The van der Waals surface area contributed by atoms with E-state index in [1.807, 2.05) is 0 Å². The third kappa shape index (κ3) is 4.10. The van der Waals surface area contributed by atoms with E-state index in [-0.39, 0.29) is 11.8 Å². The van der Waals surface area contributed by atoms with Gasteiger partial charge in [0.25, 0.3) is 5.69 Å². The second kappa shape index (κ2) is 6.59. The van der Waals surface area contributed by atoms with Crippen molar-refractivity contribution in [2.45, 2.75) is 12.8 Å². The van der Waals surface area contributed by atoms with Crippen LogP contribution in [0.25, 0.3) is 0 Å². The van der Waals surface area contributed by atoms with Crippen LogP contribution in [-0.2, 0) is 17.5 Å². The maximum Gasteiger partial charge on any atom is 0.433 e. The fraction of sp³-hybridized carbons (Fsp3) is 0.154. The van der Waals surface area contributed by atoms with Crippen molar-refractivity contribution in [1.29, 1.82) is 0 Å². The maximum absolute atomic E-state index is 12.6.